The number of hydrogen-bond donors (Lipinski definition) is 1. The van der Waals surface area contributed by atoms with E-state index in [-0.39, 0.29) is 24.4 Å². The van der Waals surface area contributed by atoms with Gasteiger partial charge in [0.05, 0.1) is 6.04 Å². The van der Waals surface area contributed by atoms with Crippen LogP contribution in [0.2, 0.25) is 0 Å². The molecule has 0 saturated carbocycles. The summed E-state index contributed by atoms with van der Waals surface area (Å²) >= 11 is 3.48. The number of nitrogens with zero attached hydrogens (tertiary/aromatic N) is 3. The van der Waals surface area contributed by atoms with Gasteiger partial charge in [-0.25, -0.2) is 4.98 Å². The summed E-state index contributed by atoms with van der Waals surface area (Å²) in [7, 11) is 0. The van der Waals surface area contributed by atoms with Gasteiger partial charge in [-0.2, -0.15) is 11.8 Å². The first-order chi connectivity index (χ1) is 10.2. The number of hydrogen-bond acceptors (Lipinski definition) is 6. The third kappa shape index (κ3) is 5.01. The number of aryl methyl sites for hydroxylation is 1. The smallest absolute Gasteiger partial charge is 0.239 e. The highest BCUT2D eigenvalue weighted by Gasteiger charge is 2.25. The highest BCUT2D eigenvalue weighted by molar-refractivity contribution is 7.98. The zero-order chi connectivity index (χ0) is 15.2. The van der Waals surface area contributed by atoms with Crippen molar-refractivity contribution in [1.29, 1.82) is 0 Å². The molecule has 1 atom stereocenters. The van der Waals surface area contributed by atoms with E-state index in [1.807, 2.05) is 17.4 Å². The number of carbonyl (C=O) groups is 1. The van der Waals surface area contributed by atoms with Gasteiger partial charge < -0.3 is 15.5 Å². The highest BCUT2D eigenvalue weighted by atomic mass is 35.5. The van der Waals surface area contributed by atoms with E-state index in [9.17, 15) is 4.79 Å². The van der Waals surface area contributed by atoms with Crippen molar-refractivity contribution in [3.63, 3.8) is 0 Å². The lowest BCUT2D eigenvalue weighted by Gasteiger charge is -2.35. The molecule has 1 amide bonds. The van der Waals surface area contributed by atoms with Crippen molar-refractivity contribution in [1.82, 2.24) is 9.88 Å². The Morgan fingerprint density at radius 3 is 2.68 bits per heavy atom. The van der Waals surface area contributed by atoms with Gasteiger partial charge in [-0.1, -0.05) is 6.92 Å². The van der Waals surface area contributed by atoms with E-state index in [1.54, 1.807) is 23.1 Å². The van der Waals surface area contributed by atoms with Gasteiger partial charge in [-0.15, -0.1) is 23.7 Å². The van der Waals surface area contributed by atoms with E-state index in [2.05, 4.69) is 16.8 Å². The summed E-state index contributed by atoms with van der Waals surface area (Å²) in [6, 6.07) is -0.351. The number of piperazine rings is 1. The van der Waals surface area contributed by atoms with Crippen LogP contribution in [0.3, 0.4) is 0 Å². The van der Waals surface area contributed by atoms with Crippen LogP contribution in [0.25, 0.3) is 0 Å². The van der Waals surface area contributed by atoms with Crippen molar-refractivity contribution < 1.29 is 4.79 Å². The Kier molecular flexibility index (Phi) is 8.53. The van der Waals surface area contributed by atoms with E-state index in [0.29, 0.717) is 0 Å². The molecule has 5 nitrogen and oxygen atoms in total. The van der Waals surface area contributed by atoms with Crippen LogP contribution in [0, 0.1) is 0 Å². The Morgan fingerprint density at radius 1 is 1.45 bits per heavy atom. The second-order valence-electron chi connectivity index (χ2n) is 5.16. The fourth-order valence-corrected chi connectivity index (χ4v) is 3.72. The molecule has 1 aromatic rings. The van der Waals surface area contributed by atoms with Gasteiger partial charge in [0.1, 0.15) is 0 Å². The molecular formula is C14H25ClN4OS2. The van der Waals surface area contributed by atoms with Gasteiger partial charge in [-0.3, -0.25) is 4.79 Å². The summed E-state index contributed by atoms with van der Waals surface area (Å²) in [5.74, 6) is 1.03. The van der Waals surface area contributed by atoms with Crippen molar-refractivity contribution in [3.8, 4) is 0 Å². The number of carbonyl (C=O) groups excluding carboxylic acids is 1. The van der Waals surface area contributed by atoms with E-state index in [0.717, 1.165) is 49.9 Å². The van der Waals surface area contributed by atoms with Crippen LogP contribution in [-0.4, -0.2) is 60.0 Å². The first-order valence-electron chi connectivity index (χ1n) is 7.38. The van der Waals surface area contributed by atoms with E-state index in [4.69, 9.17) is 5.73 Å². The average molecular weight is 365 g/mol. The number of halogens is 1. The van der Waals surface area contributed by atoms with E-state index >= 15 is 0 Å². The Bertz CT molecular complexity index is 463. The van der Waals surface area contributed by atoms with Gasteiger partial charge >= 0.3 is 0 Å². The molecule has 1 saturated heterocycles. The SMILES string of the molecule is CCc1cnc(N2CCN(C(=O)[C@@H](N)CCSC)CC2)s1.Cl. The monoisotopic (exact) mass is 364 g/mol. The van der Waals surface area contributed by atoms with Gasteiger partial charge in [0.15, 0.2) is 5.13 Å². The van der Waals surface area contributed by atoms with Gasteiger partial charge in [0.2, 0.25) is 5.91 Å². The fraction of sp³-hybridized carbons (Fsp3) is 0.714. The summed E-state index contributed by atoms with van der Waals surface area (Å²) in [5, 5.41) is 1.07. The molecule has 0 radical (unpaired) electrons. The molecule has 2 N–H and O–H groups in total. The third-order valence-electron chi connectivity index (χ3n) is 3.70. The predicted octanol–water partition coefficient (Wildman–Crippen LogP) is 1.86. The van der Waals surface area contributed by atoms with Gasteiger partial charge in [0, 0.05) is 37.3 Å². The summed E-state index contributed by atoms with van der Waals surface area (Å²) in [5.41, 5.74) is 5.97. The number of thiazole rings is 1. The normalized spacial score (nSPS) is 16.3. The molecule has 126 valence electrons. The Balaban J connectivity index is 0.00000242. The molecule has 2 rings (SSSR count). The standard InChI is InChI=1S/C14H24N4OS2.ClH/c1-3-11-10-16-14(21-11)18-7-5-17(6-8-18)13(19)12(15)4-9-20-2;/h10,12H,3-9,15H2,1-2H3;1H/t12-;/m0./s1. The molecule has 1 aliphatic heterocycles. The van der Waals surface area contributed by atoms with Crippen LogP contribution in [-0.2, 0) is 11.2 Å². The summed E-state index contributed by atoms with van der Waals surface area (Å²) in [6.45, 7) is 5.32. The van der Waals surface area contributed by atoms with Crippen molar-refractivity contribution in [2.45, 2.75) is 25.8 Å². The Hall–Kier alpha value is -0.500. The fourth-order valence-electron chi connectivity index (χ4n) is 2.33. The maximum absolute atomic E-state index is 12.3. The van der Waals surface area contributed by atoms with Crippen LogP contribution in [0.5, 0.6) is 0 Å². The molecule has 1 aliphatic rings. The van der Waals surface area contributed by atoms with E-state index in [1.165, 1.54) is 4.88 Å². The number of aromatic nitrogens is 1. The van der Waals surface area contributed by atoms with Gasteiger partial charge in [0.25, 0.3) is 0 Å². The number of thioether (sulfide) groups is 1. The van der Waals surface area contributed by atoms with Crippen molar-refractivity contribution in [2.24, 2.45) is 5.73 Å². The lowest BCUT2D eigenvalue weighted by atomic mass is 10.2. The molecule has 22 heavy (non-hydrogen) atoms. The summed E-state index contributed by atoms with van der Waals surface area (Å²) < 4.78 is 0. The highest BCUT2D eigenvalue weighted by Crippen LogP contribution is 2.24. The number of amides is 1. The van der Waals surface area contributed by atoms with Crippen molar-refractivity contribution in [3.05, 3.63) is 11.1 Å². The lowest BCUT2D eigenvalue weighted by Crippen LogP contribution is -2.53. The minimum atomic E-state index is -0.351. The average Bonchev–Trinajstić information content (AvgIpc) is 3.01. The quantitative estimate of drug-likeness (QED) is 0.834. The first kappa shape index (κ1) is 19.5. The lowest BCUT2D eigenvalue weighted by molar-refractivity contribution is -0.132. The summed E-state index contributed by atoms with van der Waals surface area (Å²) in [6.07, 6.45) is 5.78. The summed E-state index contributed by atoms with van der Waals surface area (Å²) in [4.78, 5) is 22.2. The van der Waals surface area contributed by atoms with Crippen molar-refractivity contribution >= 4 is 46.5 Å². The second kappa shape index (κ2) is 9.60. The van der Waals surface area contributed by atoms with Gasteiger partial charge in [-0.05, 0) is 24.9 Å². The number of rotatable bonds is 6. The van der Waals surface area contributed by atoms with Crippen molar-refractivity contribution in [2.75, 3.05) is 43.1 Å². The minimum Gasteiger partial charge on any atom is -0.345 e. The molecule has 0 aromatic carbocycles. The second-order valence-corrected chi connectivity index (χ2v) is 7.24. The molecule has 0 spiro atoms. The molecule has 8 heteroatoms. The zero-order valence-corrected chi connectivity index (χ0v) is 15.6. The maximum atomic E-state index is 12.3. The third-order valence-corrected chi connectivity index (χ3v) is 5.55. The molecule has 1 fully saturated rings. The predicted molar refractivity (Wildman–Crippen MR) is 98.5 cm³/mol. The molecule has 1 aromatic heterocycles. The molecule has 0 aliphatic carbocycles. The van der Waals surface area contributed by atoms with Crippen LogP contribution < -0.4 is 10.6 Å². The number of nitrogens with two attached hydrogens (primary N) is 1. The largest absolute Gasteiger partial charge is 0.345 e. The molecule has 0 bridgehead atoms. The molecule has 2 heterocycles. The van der Waals surface area contributed by atoms with Crippen LogP contribution >= 0.6 is 35.5 Å². The molecular weight excluding hydrogens is 340 g/mol. The molecule has 0 unspecified atom stereocenters. The van der Waals surface area contributed by atoms with Crippen LogP contribution in [0.15, 0.2) is 6.20 Å². The van der Waals surface area contributed by atoms with Crippen LogP contribution in [0.1, 0.15) is 18.2 Å². The minimum absolute atomic E-state index is 0. The zero-order valence-electron chi connectivity index (χ0n) is 13.2. The number of anilines is 1. The topological polar surface area (TPSA) is 62.5 Å². The van der Waals surface area contributed by atoms with Crippen LogP contribution in [0.4, 0.5) is 5.13 Å². The van der Waals surface area contributed by atoms with E-state index < -0.39 is 0 Å². The Labute approximate surface area is 147 Å². The first-order valence-corrected chi connectivity index (χ1v) is 9.59. The Morgan fingerprint density at radius 2 is 2.14 bits per heavy atom. The maximum Gasteiger partial charge on any atom is 0.239 e.